The molecule has 0 radical (unpaired) electrons. The summed E-state index contributed by atoms with van der Waals surface area (Å²) in [6.07, 6.45) is 1.16. The van der Waals surface area contributed by atoms with Gasteiger partial charge in [-0.2, -0.15) is 0 Å². The van der Waals surface area contributed by atoms with Crippen LogP contribution in [0.2, 0.25) is 0 Å². The fourth-order valence-electron chi connectivity index (χ4n) is 4.33. The minimum absolute atomic E-state index is 0.229. The quantitative estimate of drug-likeness (QED) is 0.297. The smallest absolute Gasteiger partial charge is 0.414 e. The minimum Gasteiger partial charge on any atom is -0.449 e. The molecule has 9 nitrogen and oxygen atoms in total. The highest BCUT2D eigenvalue weighted by molar-refractivity contribution is 8.25. The van der Waals surface area contributed by atoms with Crippen molar-refractivity contribution in [3.63, 3.8) is 0 Å². The van der Waals surface area contributed by atoms with Crippen molar-refractivity contribution in [3.8, 4) is 0 Å². The molecule has 3 N–H and O–H groups in total. The normalized spacial score (nSPS) is 13.7. The first-order chi connectivity index (χ1) is 17.9. The summed E-state index contributed by atoms with van der Waals surface area (Å²) in [5, 5.41) is 0.797. The molecule has 0 unspecified atom stereocenters. The lowest BCUT2D eigenvalue weighted by Crippen LogP contribution is -2.46. The van der Waals surface area contributed by atoms with E-state index in [1.807, 2.05) is 24.3 Å². The molecule has 1 aliphatic rings. The van der Waals surface area contributed by atoms with Gasteiger partial charge in [0.15, 0.2) is 0 Å². The van der Waals surface area contributed by atoms with Gasteiger partial charge in [0, 0.05) is 30.2 Å². The number of pyridine rings is 1. The topological polar surface area (TPSA) is 115 Å². The number of fused-ring (bicyclic) bond motifs is 2. The van der Waals surface area contributed by atoms with Crippen molar-refractivity contribution >= 4 is 50.7 Å². The van der Waals surface area contributed by atoms with Crippen molar-refractivity contribution in [1.82, 2.24) is 4.98 Å². The summed E-state index contributed by atoms with van der Waals surface area (Å²) in [6, 6.07) is 22.6. The van der Waals surface area contributed by atoms with Gasteiger partial charge >= 0.3 is 6.09 Å². The van der Waals surface area contributed by atoms with E-state index < -0.39 is 16.9 Å². The Balaban J connectivity index is 1.36. The molecule has 0 saturated heterocycles. The third-order valence-electron chi connectivity index (χ3n) is 6.04. The molecule has 2 amide bonds. The maximum atomic E-state index is 13.4. The lowest BCUT2D eigenvalue weighted by Gasteiger charge is -2.36. The van der Waals surface area contributed by atoms with Crippen molar-refractivity contribution < 1.29 is 23.4 Å². The van der Waals surface area contributed by atoms with Gasteiger partial charge in [0.1, 0.15) is 4.90 Å². The molecule has 1 aromatic heterocycles. The number of ether oxygens (including phenoxy) is 1. The SMILES string of the molecule is CCOC(=O)N1CCN(C(=O)c2ccc(NS(O)(O)c3cccc4cccnc34)cc2)c2ccccc21. The van der Waals surface area contributed by atoms with E-state index in [0.29, 0.717) is 46.1 Å². The Labute approximate surface area is 215 Å². The average Bonchev–Trinajstić information content (AvgIpc) is 2.92. The first-order valence-corrected chi connectivity index (χ1v) is 13.3. The van der Waals surface area contributed by atoms with E-state index in [4.69, 9.17) is 4.74 Å². The Kier molecular flexibility index (Phi) is 6.70. The highest BCUT2D eigenvalue weighted by atomic mass is 32.3. The maximum absolute atomic E-state index is 13.4. The summed E-state index contributed by atoms with van der Waals surface area (Å²) in [5.41, 5.74) is 2.60. The number of carbonyl (C=O) groups excluding carboxylic acids is 2. The summed E-state index contributed by atoms with van der Waals surface area (Å²) in [7, 11) is -3.41. The summed E-state index contributed by atoms with van der Waals surface area (Å²) in [5.74, 6) is -0.229. The predicted molar refractivity (Wildman–Crippen MR) is 145 cm³/mol. The summed E-state index contributed by atoms with van der Waals surface area (Å²) in [6.45, 7) is 2.63. The Morgan fingerprint density at radius 3 is 2.32 bits per heavy atom. The minimum atomic E-state index is -3.41. The van der Waals surface area contributed by atoms with Crippen LogP contribution in [0.1, 0.15) is 17.3 Å². The number of nitrogens with one attached hydrogen (secondary N) is 1. The van der Waals surface area contributed by atoms with Crippen LogP contribution in [0.4, 0.5) is 21.9 Å². The second-order valence-corrected chi connectivity index (χ2v) is 10.1. The summed E-state index contributed by atoms with van der Waals surface area (Å²) in [4.78, 5) is 33.5. The number of benzene rings is 3. The van der Waals surface area contributed by atoms with Gasteiger partial charge in [-0.15, -0.1) is 0 Å². The maximum Gasteiger partial charge on any atom is 0.414 e. The number of para-hydroxylation sites is 3. The molecule has 3 aromatic carbocycles. The van der Waals surface area contributed by atoms with Gasteiger partial charge in [0.05, 0.1) is 29.2 Å². The number of anilines is 3. The second kappa shape index (κ2) is 10.1. The van der Waals surface area contributed by atoms with Crippen LogP contribution in [0.25, 0.3) is 10.9 Å². The van der Waals surface area contributed by atoms with Crippen molar-refractivity contribution in [2.75, 3.05) is 34.2 Å². The molecule has 190 valence electrons. The number of rotatable bonds is 5. The predicted octanol–water partition coefficient (Wildman–Crippen LogP) is 5.99. The highest BCUT2D eigenvalue weighted by Crippen LogP contribution is 2.50. The first kappa shape index (κ1) is 24.6. The Morgan fingerprint density at radius 2 is 1.59 bits per heavy atom. The zero-order valence-corrected chi connectivity index (χ0v) is 20.9. The lowest BCUT2D eigenvalue weighted by atomic mass is 10.1. The van der Waals surface area contributed by atoms with E-state index in [1.54, 1.807) is 72.6 Å². The summed E-state index contributed by atoms with van der Waals surface area (Å²) >= 11 is 0. The Morgan fingerprint density at radius 1 is 0.919 bits per heavy atom. The number of hydrogen-bond acceptors (Lipinski definition) is 7. The van der Waals surface area contributed by atoms with E-state index >= 15 is 0 Å². The van der Waals surface area contributed by atoms with Crippen LogP contribution in [0.15, 0.2) is 90.0 Å². The van der Waals surface area contributed by atoms with Gasteiger partial charge in [-0.25, -0.2) is 4.79 Å². The molecular formula is C27H26N4O5S. The number of carbonyl (C=O) groups is 2. The average molecular weight is 519 g/mol. The van der Waals surface area contributed by atoms with E-state index in [1.165, 1.54) is 4.90 Å². The van der Waals surface area contributed by atoms with Crippen molar-refractivity contribution in [2.24, 2.45) is 0 Å². The standard InChI is InChI=1S/C27H26N4O5S/c1-2-36-27(33)31-18-17-30(22-9-3-4-10-23(22)31)26(32)20-12-14-21(15-13-20)29-37(34,35)24-11-5-7-19-8-6-16-28-25(19)24/h3-16,29,34-35H,2,17-18H2,1H3. The van der Waals surface area contributed by atoms with Crippen LogP contribution in [0.5, 0.6) is 0 Å². The van der Waals surface area contributed by atoms with Crippen molar-refractivity contribution in [3.05, 3.63) is 90.6 Å². The zero-order valence-electron chi connectivity index (χ0n) is 20.1. The molecule has 0 spiro atoms. The Hall–Kier alpha value is -4.12. The van der Waals surface area contributed by atoms with Crippen molar-refractivity contribution in [1.29, 1.82) is 0 Å². The van der Waals surface area contributed by atoms with Crippen LogP contribution >= 0.6 is 10.8 Å². The lowest BCUT2D eigenvalue weighted by molar-refractivity contribution is 0.0985. The molecule has 4 aromatic rings. The van der Waals surface area contributed by atoms with Crippen LogP contribution in [0, 0.1) is 0 Å². The molecule has 0 aliphatic carbocycles. The van der Waals surface area contributed by atoms with Gasteiger partial charge in [0.25, 0.3) is 5.91 Å². The molecular weight excluding hydrogens is 492 g/mol. The van der Waals surface area contributed by atoms with Gasteiger partial charge in [0.2, 0.25) is 0 Å². The molecule has 0 bridgehead atoms. The molecule has 5 rings (SSSR count). The third kappa shape index (κ3) is 4.82. The van der Waals surface area contributed by atoms with Gasteiger partial charge in [-0.3, -0.25) is 28.5 Å². The molecule has 10 heteroatoms. The number of hydrogen-bond donors (Lipinski definition) is 3. The fourth-order valence-corrected chi connectivity index (χ4v) is 5.61. The fraction of sp³-hybridized carbons (Fsp3) is 0.148. The molecule has 0 saturated carbocycles. The van der Waals surface area contributed by atoms with Gasteiger partial charge in [-0.05, 0) is 55.5 Å². The monoisotopic (exact) mass is 518 g/mol. The van der Waals surface area contributed by atoms with Gasteiger partial charge < -0.3 is 9.64 Å². The van der Waals surface area contributed by atoms with Gasteiger partial charge in [-0.1, -0.05) is 41.1 Å². The molecule has 0 atom stereocenters. The van der Waals surface area contributed by atoms with Crippen LogP contribution in [0.3, 0.4) is 0 Å². The molecule has 0 fully saturated rings. The number of aromatic nitrogens is 1. The molecule has 37 heavy (non-hydrogen) atoms. The van der Waals surface area contributed by atoms with Crippen LogP contribution in [-0.4, -0.2) is 45.8 Å². The molecule has 2 heterocycles. The Bertz CT molecular complexity index is 1460. The zero-order chi connectivity index (χ0) is 26.0. The van der Waals surface area contributed by atoms with E-state index in [0.717, 1.165) is 5.39 Å². The first-order valence-electron chi connectivity index (χ1n) is 11.7. The van der Waals surface area contributed by atoms with E-state index in [2.05, 4.69) is 9.71 Å². The van der Waals surface area contributed by atoms with E-state index in [9.17, 15) is 18.7 Å². The summed E-state index contributed by atoms with van der Waals surface area (Å²) < 4.78 is 29.8. The number of nitrogens with zero attached hydrogens (tertiary/aromatic N) is 3. The van der Waals surface area contributed by atoms with E-state index in [-0.39, 0.29) is 12.5 Å². The largest absolute Gasteiger partial charge is 0.449 e. The second-order valence-electron chi connectivity index (χ2n) is 8.36. The highest BCUT2D eigenvalue weighted by Gasteiger charge is 2.31. The van der Waals surface area contributed by atoms with Crippen LogP contribution < -0.4 is 14.5 Å². The number of amides is 2. The molecule has 1 aliphatic heterocycles. The van der Waals surface area contributed by atoms with Crippen molar-refractivity contribution in [2.45, 2.75) is 11.8 Å². The third-order valence-corrected chi connectivity index (χ3v) is 7.50. The van der Waals surface area contributed by atoms with Crippen LogP contribution in [-0.2, 0) is 4.74 Å².